The molecule has 0 aliphatic heterocycles. The van der Waals surface area contributed by atoms with Crippen molar-refractivity contribution in [2.75, 3.05) is 18.9 Å². The van der Waals surface area contributed by atoms with Gasteiger partial charge in [0, 0.05) is 30.6 Å². The van der Waals surface area contributed by atoms with Crippen molar-refractivity contribution in [3.8, 4) is 10.6 Å². The van der Waals surface area contributed by atoms with Crippen LogP contribution in [0.2, 0.25) is 5.02 Å². The molecule has 0 fully saturated rings. The largest absolute Gasteiger partial charge is 0.301 e. The van der Waals surface area contributed by atoms with Crippen LogP contribution >= 0.6 is 22.9 Å². The molecule has 1 aromatic heterocycles. The molecule has 152 valence electrons. The highest BCUT2D eigenvalue weighted by molar-refractivity contribution is 7.89. The van der Waals surface area contributed by atoms with Gasteiger partial charge in [0.1, 0.15) is 5.01 Å². The summed E-state index contributed by atoms with van der Waals surface area (Å²) in [6.45, 7) is 0.233. The van der Waals surface area contributed by atoms with Gasteiger partial charge in [0.15, 0.2) is 0 Å². The summed E-state index contributed by atoms with van der Waals surface area (Å²) in [7, 11) is -2.05. The molecule has 0 aliphatic carbocycles. The number of benzene rings is 2. The van der Waals surface area contributed by atoms with E-state index in [-0.39, 0.29) is 23.8 Å². The SMILES string of the molecule is CN(CCCC(=O)Nc1nnc(-c2ccc(Cl)cc2)s1)S(=O)(=O)c1ccccc1. The predicted octanol–water partition coefficient (Wildman–Crippen LogP) is 3.90. The summed E-state index contributed by atoms with van der Waals surface area (Å²) in [6.07, 6.45) is 0.557. The highest BCUT2D eigenvalue weighted by Crippen LogP contribution is 2.27. The third kappa shape index (κ3) is 5.60. The van der Waals surface area contributed by atoms with Crippen molar-refractivity contribution >= 4 is 44.0 Å². The van der Waals surface area contributed by atoms with Crippen molar-refractivity contribution in [1.82, 2.24) is 14.5 Å². The van der Waals surface area contributed by atoms with Crippen molar-refractivity contribution in [2.45, 2.75) is 17.7 Å². The lowest BCUT2D eigenvalue weighted by Crippen LogP contribution is -2.28. The van der Waals surface area contributed by atoms with Gasteiger partial charge in [-0.05, 0) is 30.7 Å². The van der Waals surface area contributed by atoms with Crippen molar-refractivity contribution in [3.63, 3.8) is 0 Å². The number of hydrogen-bond acceptors (Lipinski definition) is 6. The Labute approximate surface area is 178 Å². The van der Waals surface area contributed by atoms with E-state index in [4.69, 9.17) is 11.6 Å². The van der Waals surface area contributed by atoms with Crippen LogP contribution < -0.4 is 5.32 Å². The minimum absolute atomic E-state index is 0.171. The Hall–Kier alpha value is -2.33. The average molecular weight is 451 g/mol. The zero-order valence-corrected chi connectivity index (χ0v) is 18.0. The van der Waals surface area contributed by atoms with E-state index in [1.165, 1.54) is 22.7 Å². The topological polar surface area (TPSA) is 92.3 Å². The average Bonchev–Trinajstić information content (AvgIpc) is 3.17. The smallest absolute Gasteiger partial charge is 0.242 e. The second kappa shape index (κ2) is 9.45. The molecule has 0 atom stereocenters. The number of sulfonamides is 1. The molecule has 3 rings (SSSR count). The molecule has 0 saturated carbocycles. The molecule has 0 radical (unpaired) electrons. The first-order valence-electron chi connectivity index (χ1n) is 8.77. The molecular formula is C19H19ClN4O3S2. The third-order valence-corrected chi connectivity index (χ3v) is 7.10. The molecule has 10 heteroatoms. The number of aromatic nitrogens is 2. The standard InChI is InChI=1S/C19H19ClN4O3S2/c1-24(29(26,27)16-6-3-2-4-7-16)13-5-8-17(25)21-19-23-22-18(28-19)14-9-11-15(20)12-10-14/h2-4,6-7,9-12H,5,8,13H2,1H3,(H,21,23,25). The lowest BCUT2D eigenvalue weighted by Gasteiger charge is -2.16. The monoisotopic (exact) mass is 450 g/mol. The summed E-state index contributed by atoms with van der Waals surface area (Å²) in [4.78, 5) is 12.4. The zero-order chi connectivity index (χ0) is 20.9. The van der Waals surface area contributed by atoms with Gasteiger partial charge in [0.25, 0.3) is 0 Å². The highest BCUT2D eigenvalue weighted by atomic mass is 35.5. The Kier molecular flexibility index (Phi) is 6.96. The van der Waals surface area contributed by atoms with Gasteiger partial charge in [-0.1, -0.05) is 53.3 Å². The molecule has 1 heterocycles. The summed E-state index contributed by atoms with van der Waals surface area (Å²) in [5.41, 5.74) is 0.861. The number of rotatable bonds is 8. The molecule has 0 saturated heterocycles. The van der Waals surface area contributed by atoms with Gasteiger partial charge < -0.3 is 5.32 Å². The van der Waals surface area contributed by atoms with E-state index in [2.05, 4.69) is 15.5 Å². The van der Waals surface area contributed by atoms with Crippen LogP contribution in [0.3, 0.4) is 0 Å². The zero-order valence-electron chi connectivity index (χ0n) is 15.6. The Morgan fingerprint density at radius 1 is 1.10 bits per heavy atom. The van der Waals surface area contributed by atoms with Crippen LogP contribution in [-0.2, 0) is 14.8 Å². The van der Waals surface area contributed by atoms with Gasteiger partial charge in [0.05, 0.1) is 4.90 Å². The quantitative estimate of drug-likeness (QED) is 0.561. The molecule has 1 N–H and O–H groups in total. The van der Waals surface area contributed by atoms with E-state index in [9.17, 15) is 13.2 Å². The number of carbonyl (C=O) groups is 1. The molecule has 0 bridgehead atoms. The maximum Gasteiger partial charge on any atom is 0.242 e. The van der Waals surface area contributed by atoms with Gasteiger partial charge in [0.2, 0.25) is 21.1 Å². The van der Waals surface area contributed by atoms with Crippen LogP contribution in [-0.4, -0.2) is 42.4 Å². The van der Waals surface area contributed by atoms with Gasteiger partial charge in [-0.3, -0.25) is 4.79 Å². The normalized spacial score (nSPS) is 11.6. The van der Waals surface area contributed by atoms with E-state index >= 15 is 0 Å². The predicted molar refractivity (Wildman–Crippen MR) is 114 cm³/mol. The lowest BCUT2D eigenvalue weighted by atomic mass is 10.2. The van der Waals surface area contributed by atoms with E-state index in [0.717, 1.165) is 5.56 Å². The van der Waals surface area contributed by atoms with Crippen LogP contribution in [0.1, 0.15) is 12.8 Å². The van der Waals surface area contributed by atoms with Gasteiger partial charge in [-0.15, -0.1) is 10.2 Å². The maximum atomic E-state index is 12.5. The first-order chi connectivity index (χ1) is 13.9. The molecule has 2 aromatic carbocycles. The second-order valence-electron chi connectivity index (χ2n) is 6.21. The molecule has 3 aromatic rings. The Bertz CT molecular complexity index is 1070. The lowest BCUT2D eigenvalue weighted by molar-refractivity contribution is -0.116. The number of carbonyl (C=O) groups excluding carboxylic acids is 1. The Balaban J connectivity index is 1.50. The third-order valence-electron chi connectivity index (χ3n) is 4.09. The minimum atomic E-state index is -3.55. The number of halogens is 1. The summed E-state index contributed by atoms with van der Waals surface area (Å²) < 4.78 is 26.2. The molecule has 1 amide bonds. The van der Waals surface area contributed by atoms with Crippen molar-refractivity contribution in [2.24, 2.45) is 0 Å². The minimum Gasteiger partial charge on any atom is -0.301 e. The fourth-order valence-corrected chi connectivity index (χ4v) is 4.64. The second-order valence-corrected chi connectivity index (χ2v) is 9.67. The molecular weight excluding hydrogens is 432 g/mol. The van der Waals surface area contributed by atoms with Crippen LogP contribution in [0.15, 0.2) is 59.5 Å². The first kappa shape index (κ1) is 21.4. The van der Waals surface area contributed by atoms with Crippen LogP contribution in [0.4, 0.5) is 5.13 Å². The molecule has 0 spiro atoms. The summed E-state index contributed by atoms with van der Waals surface area (Å²) >= 11 is 7.13. The Morgan fingerprint density at radius 2 is 1.79 bits per heavy atom. The van der Waals surface area contributed by atoms with Crippen LogP contribution in [0.5, 0.6) is 0 Å². The summed E-state index contributed by atoms with van der Waals surface area (Å²) in [6, 6.07) is 15.4. The molecule has 7 nitrogen and oxygen atoms in total. The highest BCUT2D eigenvalue weighted by Gasteiger charge is 2.20. The molecule has 29 heavy (non-hydrogen) atoms. The van der Waals surface area contributed by atoms with Crippen molar-refractivity contribution < 1.29 is 13.2 Å². The molecule has 0 aliphatic rings. The van der Waals surface area contributed by atoms with E-state index in [0.29, 0.717) is 21.6 Å². The number of anilines is 1. The van der Waals surface area contributed by atoms with Gasteiger partial charge >= 0.3 is 0 Å². The van der Waals surface area contributed by atoms with Crippen molar-refractivity contribution in [1.29, 1.82) is 0 Å². The summed E-state index contributed by atoms with van der Waals surface area (Å²) in [5, 5.41) is 12.4. The maximum absolute atomic E-state index is 12.5. The number of nitrogens with zero attached hydrogens (tertiary/aromatic N) is 3. The van der Waals surface area contributed by atoms with Crippen molar-refractivity contribution in [3.05, 3.63) is 59.6 Å². The number of hydrogen-bond donors (Lipinski definition) is 1. The van der Waals surface area contributed by atoms with Crippen LogP contribution in [0.25, 0.3) is 10.6 Å². The summed E-state index contributed by atoms with van der Waals surface area (Å²) in [5.74, 6) is -0.241. The number of amides is 1. The van der Waals surface area contributed by atoms with E-state index < -0.39 is 10.0 Å². The fourth-order valence-electron chi connectivity index (χ4n) is 2.52. The van der Waals surface area contributed by atoms with Gasteiger partial charge in [-0.2, -0.15) is 0 Å². The fraction of sp³-hybridized carbons (Fsp3) is 0.211. The Morgan fingerprint density at radius 3 is 2.48 bits per heavy atom. The van der Waals surface area contributed by atoms with Gasteiger partial charge in [-0.25, -0.2) is 12.7 Å². The van der Waals surface area contributed by atoms with E-state index in [1.807, 2.05) is 12.1 Å². The molecule has 0 unspecified atom stereocenters. The van der Waals surface area contributed by atoms with Crippen LogP contribution in [0, 0.1) is 0 Å². The number of nitrogens with one attached hydrogen (secondary N) is 1. The first-order valence-corrected chi connectivity index (χ1v) is 11.4. The van der Waals surface area contributed by atoms with E-state index in [1.54, 1.807) is 42.5 Å².